The van der Waals surface area contributed by atoms with Crippen molar-refractivity contribution in [1.82, 2.24) is 34.7 Å². The lowest BCUT2D eigenvalue weighted by atomic mass is 10.1. The van der Waals surface area contributed by atoms with Crippen molar-refractivity contribution in [3.8, 4) is 11.4 Å². The van der Waals surface area contributed by atoms with Crippen LogP contribution in [0.5, 0.6) is 0 Å². The van der Waals surface area contributed by atoms with E-state index in [2.05, 4.69) is 35.1 Å². The van der Waals surface area contributed by atoms with Gasteiger partial charge in [-0.2, -0.15) is 0 Å². The molecule has 196 valence electrons. The number of aryl methyl sites for hydroxylation is 1. The molecule has 3 aromatic heterocycles. The molecule has 0 spiro atoms. The fraction of sp³-hybridized carbons (Fsp3) is 0.500. The molecule has 2 fully saturated rings. The molecule has 1 amide bonds. The maximum absolute atomic E-state index is 14.8. The van der Waals surface area contributed by atoms with Gasteiger partial charge < -0.3 is 24.8 Å². The summed E-state index contributed by atoms with van der Waals surface area (Å²) in [5.74, 6) is 0.889. The Morgan fingerprint density at radius 3 is 2.76 bits per heavy atom. The van der Waals surface area contributed by atoms with E-state index in [4.69, 9.17) is 4.74 Å². The molecular weight excluding hydrogens is 475 g/mol. The van der Waals surface area contributed by atoms with Gasteiger partial charge in [-0.25, -0.2) is 19.3 Å². The maximum atomic E-state index is 14.8. The Balaban J connectivity index is 1.18. The van der Waals surface area contributed by atoms with Gasteiger partial charge in [-0.3, -0.25) is 9.78 Å². The Kier molecular flexibility index (Phi) is 8.00. The molecule has 2 aliphatic rings. The first-order chi connectivity index (χ1) is 18.1. The van der Waals surface area contributed by atoms with Gasteiger partial charge in [0.2, 0.25) is 11.9 Å². The van der Waals surface area contributed by atoms with Crippen molar-refractivity contribution in [1.29, 1.82) is 0 Å². The van der Waals surface area contributed by atoms with Crippen LogP contribution in [0.4, 0.5) is 16.0 Å². The van der Waals surface area contributed by atoms with Crippen molar-refractivity contribution in [2.45, 2.75) is 51.6 Å². The van der Waals surface area contributed by atoms with E-state index in [0.717, 1.165) is 56.8 Å². The second-order valence-electron chi connectivity index (χ2n) is 9.47. The van der Waals surface area contributed by atoms with Gasteiger partial charge >= 0.3 is 0 Å². The van der Waals surface area contributed by atoms with E-state index in [1.165, 1.54) is 6.20 Å². The number of hydrogen-bond donors (Lipinski definition) is 2. The van der Waals surface area contributed by atoms with Crippen LogP contribution < -0.4 is 10.6 Å². The number of hydrogen-bond acceptors (Lipinski definition) is 8. The van der Waals surface area contributed by atoms with E-state index in [-0.39, 0.29) is 23.6 Å². The van der Waals surface area contributed by atoms with Gasteiger partial charge in [0.25, 0.3) is 0 Å². The molecule has 11 heteroatoms. The number of ether oxygens (including phenoxy) is 1. The zero-order valence-corrected chi connectivity index (χ0v) is 21.1. The van der Waals surface area contributed by atoms with E-state index in [9.17, 15) is 9.18 Å². The van der Waals surface area contributed by atoms with Gasteiger partial charge in [0.1, 0.15) is 11.5 Å². The predicted octanol–water partition coefficient (Wildman–Crippen LogP) is 3.38. The lowest BCUT2D eigenvalue weighted by Crippen LogP contribution is -2.28. The molecule has 37 heavy (non-hydrogen) atoms. The number of carbonyl (C=O) groups excluding carboxylic acids is 1. The molecule has 0 unspecified atom stereocenters. The Morgan fingerprint density at radius 1 is 1.14 bits per heavy atom. The lowest BCUT2D eigenvalue weighted by Gasteiger charge is -2.26. The minimum Gasteiger partial charge on any atom is -0.381 e. The first-order valence-electron chi connectivity index (χ1n) is 12.9. The summed E-state index contributed by atoms with van der Waals surface area (Å²) in [6.45, 7) is 6.43. The van der Waals surface area contributed by atoms with Crippen molar-refractivity contribution in [3.63, 3.8) is 0 Å². The smallest absolute Gasteiger partial charge is 0.228 e. The largest absolute Gasteiger partial charge is 0.381 e. The molecule has 0 bridgehead atoms. The summed E-state index contributed by atoms with van der Waals surface area (Å²) < 4.78 is 22.4. The normalized spacial score (nSPS) is 16.5. The monoisotopic (exact) mass is 508 g/mol. The van der Waals surface area contributed by atoms with Crippen LogP contribution in [0.25, 0.3) is 11.4 Å². The molecule has 2 saturated heterocycles. The van der Waals surface area contributed by atoms with Gasteiger partial charge in [0.05, 0.1) is 35.7 Å². The molecule has 0 aliphatic carbocycles. The Labute approximate surface area is 215 Å². The number of imidazole rings is 1. The molecule has 2 N–H and O–H groups in total. The number of likely N-dealkylation sites (tertiary alicyclic amines) is 1. The number of aromatic nitrogens is 5. The molecule has 5 rings (SSSR count). The lowest BCUT2D eigenvalue weighted by molar-refractivity contribution is -0.127. The van der Waals surface area contributed by atoms with Crippen LogP contribution in [0.15, 0.2) is 30.7 Å². The molecule has 2 aliphatic heterocycles. The van der Waals surface area contributed by atoms with Gasteiger partial charge in [0.15, 0.2) is 5.82 Å². The van der Waals surface area contributed by atoms with Crippen LogP contribution in [0.3, 0.4) is 0 Å². The average Bonchev–Trinajstić information content (AvgIpc) is 3.51. The van der Waals surface area contributed by atoms with E-state index in [1.54, 1.807) is 12.4 Å². The standard InChI is InChI=1S/C26H33FN8O2/c1-18-29-17-23(35(18)21-7-12-37-13-8-21)25-22(27)16-31-26(33-25)32-20-6-5-19(30-15-20)14-28-9-3-11-34-10-2-4-24(34)36/h5-6,15-17,21,28H,2-4,7-14H2,1H3,(H,31,32,33). The average molecular weight is 509 g/mol. The van der Waals surface area contributed by atoms with Crippen molar-refractivity contribution >= 4 is 17.5 Å². The summed E-state index contributed by atoms with van der Waals surface area (Å²) in [7, 11) is 0. The van der Waals surface area contributed by atoms with Gasteiger partial charge in [-0.15, -0.1) is 0 Å². The van der Waals surface area contributed by atoms with Crippen LogP contribution in [0.1, 0.15) is 49.7 Å². The predicted molar refractivity (Wildman–Crippen MR) is 137 cm³/mol. The van der Waals surface area contributed by atoms with Gasteiger partial charge in [-0.05, 0) is 51.3 Å². The molecule has 0 aromatic carbocycles. The third-order valence-electron chi connectivity index (χ3n) is 6.86. The summed E-state index contributed by atoms with van der Waals surface area (Å²) in [5.41, 5.74) is 2.47. The van der Waals surface area contributed by atoms with Crippen LogP contribution in [0, 0.1) is 12.7 Å². The molecule has 5 heterocycles. The second-order valence-corrected chi connectivity index (χ2v) is 9.47. The SMILES string of the molecule is Cc1ncc(-c2nc(Nc3ccc(CNCCCN4CCCC4=O)nc3)ncc2F)n1C1CCOCC1. The van der Waals surface area contributed by atoms with Crippen molar-refractivity contribution < 1.29 is 13.9 Å². The highest BCUT2D eigenvalue weighted by atomic mass is 19.1. The second kappa shape index (κ2) is 11.7. The number of nitrogens with one attached hydrogen (secondary N) is 2. The summed E-state index contributed by atoms with van der Waals surface area (Å²) in [4.78, 5) is 31.1. The Morgan fingerprint density at radius 2 is 2.00 bits per heavy atom. The maximum Gasteiger partial charge on any atom is 0.228 e. The van der Waals surface area contributed by atoms with E-state index in [1.807, 2.05) is 24.0 Å². The van der Waals surface area contributed by atoms with Crippen molar-refractivity contribution in [3.05, 3.63) is 48.1 Å². The third kappa shape index (κ3) is 6.11. The number of anilines is 2. The van der Waals surface area contributed by atoms with E-state index >= 15 is 0 Å². The van der Waals surface area contributed by atoms with Gasteiger partial charge in [0, 0.05) is 45.3 Å². The Hall–Kier alpha value is -3.44. The van der Waals surface area contributed by atoms with E-state index < -0.39 is 5.82 Å². The molecule has 0 atom stereocenters. The topological polar surface area (TPSA) is 110 Å². The minimum absolute atomic E-state index is 0.199. The van der Waals surface area contributed by atoms with E-state index in [0.29, 0.717) is 37.6 Å². The van der Waals surface area contributed by atoms with Crippen LogP contribution in [0.2, 0.25) is 0 Å². The number of carbonyl (C=O) groups is 1. The first-order valence-corrected chi connectivity index (χ1v) is 12.9. The molecule has 10 nitrogen and oxygen atoms in total. The van der Waals surface area contributed by atoms with Crippen molar-refractivity contribution in [2.24, 2.45) is 0 Å². The number of amides is 1. The number of rotatable bonds is 10. The summed E-state index contributed by atoms with van der Waals surface area (Å²) in [6, 6.07) is 4.02. The zero-order chi connectivity index (χ0) is 25.6. The third-order valence-corrected chi connectivity index (χ3v) is 6.86. The highest BCUT2D eigenvalue weighted by Crippen LogP contribution is 2.31. The molecule has 0 saturated carbocycles. The number of nitrogens with zero attached hydrogens (tertiary/aromatic N) is 6. The first kappa shape index (κ1) is 25.2. The fourth-order valence-electron chi connectivity index (χ4n) is 4.92. The highest BCUT2D eigenvalue weighted by Gasteiger charge is 2.24. The quantitative estimate of drug-likeness (QED) is 0.401. The highest BCUT2D eigenvalue weighted by molar-refractivity contribution is 5.78. The fourth-order valence-corrected chi connectivity index (χ4v) is 4.92. The molecule has 3 aromatic rings. The van der Waals surface area contributed by atoms with Crippen LogP contribution >= 0.6 is 0 Å². The van der Waals surface area contributed by atoms with Crippen LogP contribution in [-0.2, 0) is 16.1 Å². The minimum atomic E-state index is -0.493. The summed E-state index contributed by atoms with van der Waals surface area (Å²) in [5, 5.41) is 6.50. The number of pyridine rings is 1. The number of halogens is 1. The van der Waals surface area contributed by atoms with Gasteiger partial charge in [-0.1, -0.05) is 0 Å². The van der Waals surface area contributed by atoms with Crippen LogP contribution in [-0.4, -0.2) is 68.2 Å². The summed E-state index contributed by atoms with van der Waals surface area (Å²) >= 11 is 0. The zero-order valence-electron chi connectivity index (χ0n) is 21.1. The van der Waals surface area contributed by atoms with Crippen molar-refractivity contribution in [2.75, 3.05) is 38.2 Å². The molecule has 0 radical (unpaired) electrons. The molecular formula is C26H33FN8O2. The Bertz CT molecular complexity index is 1210. The summed E-state index contributed by atoms with van der Waals surface area (Å²) in [6.07, 6.45) is 8.85.